The predicted molar refractivity (Wildman–Crippen MR) is 54.9 cm³/mol. The van der Waals surface area contributed by atoms with Crippen molar-refractivity contribution in [3.63, 3.8) is 0 Å². The fourth-order valence-corrected chi connectivity index (χ4v) is 1.62. The standard InChI is InChI=1S/C11H18O3/c1-5-7-11(8-6-2,9(3)12)10(13)14-4/h5H,1,6-8H2,2-4H3. The highest BCUT2D eigenvalue weighted by Gasteiger charge is 2.42. The molecule has 3 heteroatoms. The second-order valence-corrected chi connectivity index (χ2v) is 3.37. The third kappa shape index (κ3) is 2.44. The fraction of sp³-hybridized carbons (Fsp3) is 0.636. The van der Waals surface area contributed by atoms with E-state index in [9.17, 15) is 9.59 Å². The molecule has 0 aliphatic heterocycles. The molecule has 0 aliphatic rings. The van der Waals surface area contributed by atoms with E-state index in [2.05, 4.69) is 11.3 Å². The average molecular weight is 198 g/mol. The number of carbonyl (C=O) groups is 2. The lowest BCUT2D eigenvalue weighted by Gasteiger charge is -2.26. The molecule has 0 spiro atoms. The van der Waals surface area contributed by atoms with Gasteiger partial charge in [0, 0.05) is 0 Å². The van der Waals surface area contributed by atoms with Crippen LogP contribution in [0, 0.1) is 5.41 Å². The second kappa shape index (κ2) is 5.58. The van der Waals surface area contributed by atoms with Gasteiger partial charge in [-0.1, -0.05) is 19.4 Å². The first-order valence-corrected chi connectivity index (χ1v) is 4.75. The molecule has 0 aromatic carbocycles. The van der Waals surface area contributed by atoms with Crippen molar-refractivity contribution in [2.24, 2.45) is 5.41 Å². The number of methoxy groups -OCH3 is 1. The summed E-state index contributed by atoms with van der Waals surface area (Å²) in [5, 5.41) is 0. The van der Waals surface area contributed by atoms with Gasteiger partial charge in [-0.25, -0.2) is 0 Å². The second-order valence-electron chi connectivity index (χ2n) is 3.37. The quantitative estimate of drug-likeness (QED) is 0.373. The van der Waals surface area contributed by atoms with Crippen LogP contribution in [0.3, 0.4) is 0 Å². The molecule has 0 radical (unpaired) electrons. The van der Waals surface area contributed by atoms with Crippen molar-refractivity contribution in [1.29, 1.82) is 0 Å². The topological polar surface area (TPSA) is 43.4 Å². The zero-order chi connectivity index (χ0) is 11.2. The Morgan fingerprint density at radius 2 is 2.07 bits per heavy atom. The zero-order valence-electron chi connectivity index (χ0n) is 9.13. The lowest BCUT2D eigenvalue weighted by atomic mass is 9.77. The minimum Gasteiger partial charge on any atom is -0.468 e. The summed E-state index contributed by atoms with van der Waals surface area (Å²) >= 11 is 0. The van der Waals surface area contributed by atoms with Crippen LogP contribution in [0.15, 0.2) is 12.7 Å². The van der Waals surface area contributed by atoms with Gasteiger partial charge < -0.3 is 4.74 Å². The summed E-state index contributed by atoms with van der Waals surface area (Å²) in [5.41, 5.74) is -1.01. The van der Waals surface area contributed by atoms with E-state index < -0.39 is 11.4 Å². The van der Waals surface area contributed by atoms with Crippen molar-refractivity contribution in [2.45, 2.75) is 33.1 Å². The molecular weight excluding hydrogens is 180 g/mol. The maximum Gasteiger partial charge on any atom is 0.319 e. The van der Waals surface area contributed by atoms with E-state index in [0.717, 1.165) is 6.42 Å². The van der Waals surface area contributed by atoms with E-state index in [1.54, 1.807) is 6.08 Å². The summed E-state index contributed by atoms with van der Waals surface area (Å²) in [4.78, 5) is 23.1. The molecule has 0 amide bonds. The normalized spacial score (nSPS) is 14.2. The molecule has 14 heavy (non-hydrogen) atoms. The molecule has 3 nitrogen and oxygen atoms in total. The van der Waals surface area contributed by atoms with E-state index in [0.29, 0.717) is 12.8 Å². The minimum absolute atomic E-state index is 0.147. The van der Waals surface area contributed by atoms with Crippen LogP contribution in [0.5, 0.6) is 0 Å². The van der Waals surface area contributed by atoms with Crippen molar-refractivity contribution in [3.05, 3.63) is 12.7 Å². The highest BCUT2D eigenvalue weighted by molar-refractivity contribution is 6.02. The minimum atomic E-state index is -1.01. The van der Waals surface area contributed by atoms with Gasteiger partial charge in [0.25, 0.3) is 0 Å². The van der Waals surface area contributed by atoms with Gasteiger partial charge in [-0.2, -0.15) is 0 Å². The summed E-state index contributed by atoms with van der Waals surface area (Å²) < 4.78 is 4.67. The Kier molecular flexibility index (Phi) is 5.13. The van der Waals surface area contributed by atoms with Crippen molar-refractivity contribution >= 4 is 11.8 Å². The van der Waals surface area contributed by atoms with Crippen LogP contribution in [0.2, 0.25) is 0 Å². The Labute approximate surface area is 85.1 Å². The van der Waals surface area contributed by atoms with E-state index >= 15 is 0 Å². The summed E-state index contributed by atoms with van der Waals surface area (Å²) in [6.45, 7) is 6.93. The van der Waals surface area contributed by atoms with Crippen molar-refractivity contribution in [1.82, 2.24) is 0 Å². The molecule has 0 N–H and O–H groups in total. The summed E-state index contributed by atoms with van der Waals surface area (Å²) in [7, 11) is 1.30. The highest BCUT2D eigenvalue weighted by Crippen LogP contribution is 2.31. The number of hydrogen-bond donors (Lipinski definition) is 0. The van der Waals surface area contributed by atoms with E-state index in [1.165, 1.54) is 14.0 Å². The Bertz CT molecular complexity index is 233. The fourth-order valence-electron chi connectivity index (χ4n) is 1.62. The van der Waals surface area contributed by atoms with Gasteiger partial charge >= 0.3 is 5.97 Å². The van der Waals surface area contributed by atoms with Gasteiger partial charge in [0.1, 0.15) is 11.2 Å². The summed E-state index contributed by atoms with van der Waals surface area (Å²) in [6, 6.07) is 0. The third-order valence-corrected chi connectivity index (χ3v) is 2.42. The number of ketones is 1. The number of esters is 1. The van der Waals surface area contributed by atoms with Gasteiger partial charge in [0.2, 0.25) is 0 Å². The number of carbonyl (C=O) groups excluding carboxylic acids is 2. The van der Waals surface area contributed by atoms with Gasteiger partial charge in [-0.05, 0) is 19.8 Å². The smallest absolute Gasteiger partial charge is 0.319 e. The Balaban J connectivity index is 5.02. The lowest BCUT2D eigenvalue weighted by Crippen LogP contribution is -2.38. The summed E-state index contributed by atoms with van der Waals surface area (Å²) in [5.74, 6) is -0.599. The van der Waals surface area contributed by atoms with Gasteiger partial charge in [0.05, 0.1) is 7.11 Å². The molecule has 80 valence electrons. The molecule has 1 atom stereocenters. The first kappa shape index (κ1) is 12.9. The van der Waals surface area contributed by atoms with Gasteiger partial charge in [-0.3, -0.25) is 9.59 Å². The largest absolute Gasteiger partial charge is 0.468 e. The van der Waals surface area contributed by atoms with Crippen LogP contribution < -0.4 is 0 Å². The van der Waals surface area contributed by atoms with E-state index in [-0.39, 0.29) is 5.78 Å². The number of Topliss-reactive ketones (excluding diaryl/α,β-unsaturated/α-hetero) is 1. The number of allylic oxidation sites excluding steroid dienone is 1. The Hall–Kier alpha value is -1.12. The molecule has 0 fully saturated rings. The number of hydrogen-bond acceptors (Lipinski definition) is 3. The first-order valence-electron chi connectivity index (χ1n) is 4.75. The molecule has 0 aromatic rings. The molecule has 0 saturated heterocycles. The van der Waals surface area contributed by atoms with Gasteiger partial charge in [-0.15, -0.1) is 6.58 Å². The van der Waals surface area contributed by atoms with E-state index in [4.69, 9.17) is 0 Å². The van der Waals surface area contributed by atoms with E-state index in [1.807, 2.05) is 6.92 Å². The molecule has 0 aliphatic carbocycles. The van der Waals surface area contributed by atoms with Crippen LogP contribution in [-0.4, -0.2) is 18.9 Å². The predicted octanol–water partition coefficient (Wildman–Crippen LogP) is 2.11. The molecule has 0 rings (SSSR count). The van der Waals surface area contributed by atoms with Crippen LogP contribution in [-0.2, 0) is 14.3 Å². The summed E-state index contributed by atoms with van der Waals surface area (Å²) in [6.07, 6.45) is 3.22. The molecule has 0 bridgehead atoms. The third-order valence-electron chi connectivity index (χ3n) is 2.42. The van der Waals surface area contributed by atoms with Crippen LogP contribution >= 0.6 is 0 Å². The number of rotatable bonds is 6. The Morgan fingerprint density at radius 3 is 2.36 bits per heavy atom. The monoisotopic (exact) mass is 198 g/mol. The van der Waals surface area contributed by atoms with Crippen molar-refractivity contribution in [3.8, 4) is 0 Å². The maximum atomic E-state index is 11.6. The zero-order valence-corrected chi connectivity index (χ0v) is 9.13. The van der Waals surface area contributed by atoms with Crippen LogP contribution in [0.1, 0.15) is 33.1 Å². The van der Waals surface area contributed by atoms with Gasteiger partial charge in [0.15, 0.2) is 0 Å². The van der Waals surface area contributed by atoms with Crippen molar-refractivity contribution in [2.75, 3.05) is 7.11 Å². The molecule has 0 heterocycles. The highest BCUT2D eigenvalue weighted by atomic mass is 16.5. The Morgan fingerprint density at radius 1 is 1.50 bits per heavy atom. The SMILES string of the molecule is C=CCC(CCC)(C(C)=O)C(=O)OC. The van der Waals surface area contributed by atoms with Crippen LogP contribution in [0.4, 0.5) is 0 Å². The first-order chi connectivity index (χ1) is 6.55. The molecule has 1 unspecified atom stereocenters. The molecular formula is C11H18O3. The number of ether oxygens (including phenoxy) is 1. The lowest BCUT2D eigenvalue weighted by molar-refractivity contribution is -0.157. The van der Waals surface area contributed by atoms with Crippen molar-refractivity contribution < 1.29 is 14.3 Å². The van der Waals surface area contributed by atoms with Crippen LogP contribution in [0.25, 0.3) is 0 Å². The average Bonchev–Trinajstić information content (AvgIpc) is 2.15. The molecule has 0 saturated carbocycles. The molecule has 0 aromatic heterocycles. The maximum absolute atomic E-state index is 11.6.